The largest absolute Gasteiger partial charge is 0.465 e. The Morgan fingerprint density at radius 3 is 2.71 bits per heavy atom. The zero-order valence-electron chi connectivity index (χ0n) is 12.0. The van der Waals surface area contributed by atoms with Crippen molar-refractivity contribution in [1.82, 2.24) is 5.32 Å². The van der Waals surface area contributed by atoms with Crippen molar-refractivity contribution in [1.29, 1.82) is 5.26 Å². The molecule has 110 valence electrons. The van der Waals surface area contributed by atoms with Crippen LogP contribution in [-0.4, -0.2) is 11.9 Å². The van der Waals surface area contributed by atoms with E-state index in [1.807, 2.05) is 12.1 Å². The molecule has 4 heteroatoms. The van der Waals surface area contributed by atoms with E-state index in [9.17, 15) is 4.79 Å². The van der Waals surface area contributed by atoms with Gasteiger partial charge in [-0.1, -0.05) is 31.8 Å². The third-order valence-corrected chi connectivity index (χ3v) is 3.62. The second-order valence-corrected chi connectivity index (χ2v) is 5.23. The van der Waals surface area contributed by atoms with Crippen LogP contribution >= 0.6 is 0 Å². The molecule has 1 saturated carbocycles. The Balaban J connectivity index is 1.93. The first-order valence-corrected chi connectivity index (χ1v) is 7.42. The predicted molar refractivity (Wildman–Crippen MR) is 81.1 cm³/mol. The highest BCUT2D eigenvalue weighted by Gasteiger charge is 2.16. The van der Waals surface area contributed by atoms with E-state index in [0.29, 0.717) is 5.76 Å². The van der Waals surface area contributed by atoms with Crippen molar-refractivity contribution in [2.24, 2.45) is 0 Å². The summed E-state index contributed by atoms with van der Waals surface area (Å²) in [5.74, 6) is 0.404. The van der Waals surface area contributed by atoms with Gasteiger partial charge in [-0.05, 0) is 37.1 Å². The van der Waals surface area contributed by atoms with Gasteiger partial charge in [-0.2, -0.15) is 5.26 Å². The molecule has 1 heterocycles. The first-order chi connectivity index (χ1) is 10.3. The molecule has 1 amide bonds. The van der Waals surface area contributed by atoms with Crippen LogP contribution in [0.15, 0.2) is 40.5 Å². The number of hydrogen-bond acceptors (Lipinski definition) is 3. The maximum absolute atomic E-state index is 12.1. The highest BCUT2D eigenvalue weighted by atomic mass is 16.3. The zero-order chi connectivity index (χ0) is 14.9. The maximum atomic E-state index is 12.1. The van der Waals surface area contributed by atoms with Crippen molar-refractivity contribution in [3.63, 3.8) is 0 Å². The number of nitriles is 1. The summed E-state index contributed by atoms with van der Waals surface area (Å²) in [6.45, 7) is 0. The molecule has 4 nitrogen and oxygen atoms in total. The molecule has 0 aromatic carbocycles. The third kappa shape index (κ3) is 4.96. The molecule has 1 aromatic rings. The van der Waals surface area contributed by atoms with Crippen LogP contribution in [0, 0.1) is 11.3 Å². The van der Waals surface area contributed by atoms with Gasteiger partial charge in [0, 0.05) is 6.04 Å². The second-order valence-electron chi connectivity index (χ2n) is 5.23. The van der Waals surface area contributed by atoms with Crippen molar-refractivity contribution in [2.45, 2.75) is 44.6 Å². The average molecular weight is 284 g/mol. The smallest absolute Gasteiger partial charge is 0.262 e. The van der Waals surface area contributed by atoms with E-state index in [4.69, 9.17) is 9.68 Å². The minimum absolute atomic E-state index is 0.127. The van der Waals surface area contributed by atoms with Crippen molar-refractivity contribution in [3.05, 3.63) is 41.9 Å². The Bertz CT molecular complexity index is 542. The number of allylic oxidation sites excluding steroid dienone is 2. The van der Waals surface area contributed by atoms with Gasteiger partial charge in [-0.3, -0.25) is 4.79 Å². The number of hydrogen-bond donors (Lipinski definition) is 1. The Labute approximate surface area is 125 Å². The van der Waals surface area contributed by atoms with Crippen LogP contribution in [0.5, 0.6) is 0 Å². The number of amides is 1. The summed E-state index contributed by atoms with van der Waals surface area (Å²) in [7, 11) is 0. The van der Waals surface area contributed by atoms with E-state index in [1.165, 1.54) is 18.9 Å². The Morgan fingerprint density at radius 1 is 1.33 bits per heavy atom. The van der Waals surface area contributed by atoms with Crippen LogP contribution in [0.1, 0.15) is 44.3 Å². The van der Waals surface area contributed by atoms with Gasteiger partial charge in [0.05, 0.1) is 6.26 Å². The van der Waals surface area contributed by atoms with Gasteiger partial charge in [-0.15, -0.1) is 0 Å². The van der Waals surface area contributed by atoms with Crippen molar-refractivity contribution in [3.8, 4) is 6.07 Å². The lowest BCUT2D eigenvalue weighted by Crippen LogP contribution is -2.35. The van der Waals surface area contributed by atoms with E-state index in [-0.39, 0.29) is 17.5 Å². The van der Waals surface area contributed by atoms with E-state index < -0.39 is 0 Å². The molecule has 1 aliphatic carbocycles. The summed E-state index contributed by atoms with van der Waals surface area (Å²) in [4.78, 5) is 12.1. The highest BCUT2D eigenvalue weighted by molar-refractivity contribution is 5.97. The number of rotatable bonds is 4. The topological polar surface area (TPSA) is 66.0 Å². The molecule has 0 spiro atoms. The van der Waals surface area contributed by atoms with Crippen LogP contribution in [0.2, 0.25) is 0 Å². The van der Waals surface area contributed by atoms with Crippen LogP contribution in [-0.2, 0) is 4.79 Å². The lowest BCUT2D eigenvalue weighted by Gasteiger charge is -2.15. The SMILES string of the molecule is N#CC(=CC=Cc1ccco1)C(=O)NC1CCCCCC1. The molecule has 1 fully saturated rings. The van der Waals surface area contributed by atoms with Crippen LogP contribution < -0.4 is 5.32 Å². The highest BCUT2D eigenvalue weighted by Crippen LogP contribution is 2.17. The van der Waals surface area contributed by atoms with E-state index in [2.05, 4.69) is 5.32 Å². The fraction of sp³-hybridized carbons (Fsp3) is 0.412. The number of carbonyl (C=O) groups is 1. The summed E-state index contributed by atoms with van der Waals surface area (Å²) in [5, 5.41) is 12.1. The molecule has 0 bridgehead atoms. The van der Waals surface area contributed by atoms with Crippen molar-refractivity contribution in [2.75, 3.05) is 0 Å². The molecule has 21 heavy (non-hydrogen) atoms. The fourth-order valence-corrected chi connectivity index (χ4v) is 2.48. The van der Waals surface area contributed by atoms with E-state index in [1.54, 1.807) is 24.5 Å². The molecular weight excluding hydrogens is 264 g/mol. The summed E-state index contributed by atoms with van der Waals surface area (Å²) in [6.07, 6.45) is 13.3. The molecule has 0 radical (unpaired) electrons. The molecule has 0 atom stereocenters. The lowest BCUT2D eigenvalue weighted by molar-refractivity contribution is -0.117. The Morgan fingerprint density at radius 2 is 2.10 bits per heavy atom. The number of carbonyl (C=O) groups excluding carboxylic acids is 1. The molecule has 1 aromatic heterocycles. The lowest BCUT2D eigenvalue weighted by atomic mass is 10.1. The standard InChI is InChI=1S/C17H20N2O2/c18-13-14(7-5-10-16-11-6-12-21-16)17(20)19-15-8-3-1-2-4-9-15/h5-7,10-12,15H,1-4,8-9H2,(H,19,20). The van der Waals surface area contributed by atoms with Gasteiger partial charge in [0.1, 0.15) is 17.4 Å². The molecular formula is C17H20N2O2. The van der Waals surface area contributed by atoms with Gasteiger partial charge >= 0.3 is 0 Å². The molecule has 0 saturated heterocycles. The minimum Gasteiger partial charge on any atom is -0.465 e. The van der Waals surface area contributed by atoms with Gasteiger partial charge in [0.25, 0.3) is 5.91 Å². The Hall–Kier alpha value is -2.28. The fourth-order valence-electron chi connectivity index (χ4n) is 2.48. The van der Waals surface area contributed by atoms with Crippen LogP contribution in [0.4, 0.5) is 0 Å². The Kier molecular flexibility index (Phi) is 5.83. The molecule has 0 aliphatic heterocycles. The molecule has 1 aliphatic rings. The first-order valence-electron chi connectivity index (χ1n) is 7.42. The first kappa shape index (κ1) is 15.1. The summed E-state index contributed by atoms with van der Waals surface area (Å²) in [6, 6.07) is 5.75. The quantitative estimate of drug-likeness (QED) is 0.398. The monoisotopic (exact) mass is 284 g/mol. The second kappa shape index (κ2) is 8.11. The van der Waals surface area contributed by atoms with Gasteiger partial charge in [-0.25, -0.2) is 0 Å². The number of nitrogens with one attached hydrogen (secondary N) is 1. The third-order valence-electron chi connectivity index (χ3n) is 3.62. The number of nitrogens with zero attached hydrogens (tertiary/aromatic N) is 1. The van der Waals surface area contributed by atoms with Crippen molar-refractivity contribution >= 4 is 12.0 Å². The van der Waals surface area contributed by atoms with Crippen LogP contribution in [0.25, 0.3) is 6.08 Å². The van der Waals surface area contributed by atoms with Gasteiger partial charge < -0.3 is 9.73 Å². The zero-order valence-corrected chi connectivity index (χ0v) is 12.0. The summed E-state index contributed by atoms with van der Waals surface area (Å²) >= 11 is 0. The summed E-state index contributed by atoms with van der Waals surface area (Å²) in [5.41, 5.74) is 0.127. The molecule has 0 unspecified atom stereocenters. The van der Waals surface area contributed by atoms with Crippen molar-refractivity contribution < 1.29 is 9.21 Å². The average Bonchev–Trinajstić information content (AvgIpc) is 2.87. The van der Waals surface area contributed by atoms with E-state index >= 15 is 0 Å². The van der Waals surface area contributed by atoms with Crippen LogP contribution in [0.3, 0.4) is 0 Å². The minimum atomic E-state index is -0.284. The molecule has 1 N–H and O–H groups in total. The summed E-state index contributed by atoms with van der Waals surface area (Å²) < 4.78 is 5.15. The normalized spacial score (nSPS) is 17.4. The van der Waals surface area contributed by atoms with Gasteiger partial charge in [0.15, 0.2) is 0 Å². The van der Waals surface area contributed by atoms with E-state index in [0.717, 1.165) is 25.7 Å². The predicted octanol–water partition coefficient (Wildman–Crippen LogP) is 3.58. The molecule has 2 rings (SSSR count). The maximum Gasteiger partial charge on any atom is 0.262 e. The number of furan rings is 1. The van der Waals surface area contributed by atoms with Gasteiger partial charge in [0.2, 0.25) is 0 Å².